The van der Waals surface area contributed by atoms with Gasteiger partial charge in [-0.2, -0.15) is 0 Å². The van der Waals surface area contributed by atoms with Crippen molar-refractivity contribution in [1.82, 2.24) is 14.6 Å². The summed E-state index contributed by atoms with van der Waals surface area (Å²) in [4.78, 5) is 21.3. The lowest BCUT2D eigenvalue weighted by atomic mass is 9.83. The molecule has 11 heteroatoms. The highest BCUT2D eigenvalue weighted by molar-refractivity contribution is 7.92. The monoisotopic (exact) mass is 615 g/mol. The number of aromatic nitrogens is 1. The van der Waals surface area contributed by atoms with Gasteiger partial charge in [-0.1, -0.05) is 62.4 Å². The lowest BCUT2D eigenvalue weighted by Gasteiger charge is -2.54. The van der Waals surface area contributed by atoms with E-state index in [-0.39, 0.29) is 27.7 Å². The molecule has 8 nitrogen and oxygen atoms in total. The number of fused-ring (bicyclic) bond motifs is 1. The molecule has 0 radical (unpaired) electrons. The zero-order valence-electron chi connectivity index (χ0n) is 23.8. The molecule has 2 saturated heterocycles. The number of sulfonamides is 1. The zero-order valence-corrected chi connectivity index (χ0v) is 26.2. The minimum atomic E-state index is -3.77. The van der Waals surface area contributed by atoms with E-state index < -0.39 is 25.4 Å². The van der Waals surface area contributed by atoms with Crippen molar-refractivity contribution in [3.63, 3.8) is 0 Å². The lowest BCUT2D eigenvalue weighted by Crippen LogP contribution is -2.69. The van der Waals surface area contributed by atoms with Gasteiger partial charge in [0.2, 0.25) is 10.0 Å². The first kappa shape index (κ1) is 28.8. The molecule has 3 aromatic rings. The van der Waals surface area contributed by atoms with Crippen LogP contribution in [0.5, 0.6) is 0 Å². The van der Waals surface area contributed by atoms with Crippen molar-refractivity contribution in [3.8, 4) is 10.4 Å². The molecular formula is C30H37N3O5S3. The van der Waals surface area contributed by atoms with E-state index >= 15 is 0 Å². The van der Waals surface area contributed by atoms with Crippen LogP contribution in [0.1, 0.15) is 68.4 Å². The molecule has 1 aromatic heterocycles. The van der Waals surface area contributed by atoms with Gasteiger partial charge in [-0.05, 0) is 44.6 Å². The summed E-state index contributed by atoms with van der Waals surface area (Å²) >= 11 is 1.36. The first-order chi connectivity index (χ1) is 19.2. The Balaban J connectivity index is 1.38. The molecule has 3 heterocycles. The van der Waals surface area contributed by atoms with E-state index in [1.54, 1.807) is 11.0 Å². The fourth-order valence-corrected chi connectivity index (χ4v) is 11.6. The summed E-state index contributed by atoms with van der Waals surface area (Å²) < 4.78 is 53.0. The van der Waals surface area contributed by atoms with Crippen LogP contribution >= 0.6 is 11.3 Å². The average Bonchev–Trinajstić information content (AvgIpc) is 3.27. The predicted octanol–water partition coefficient (Wildman–Crippen LogP) is 5.03. The Labute approximate surface area is 246 Å². The highest BCUT2D eigenvalue weighted by atomic mass is 32.2. The number of nitrogens with one attached hydrogen (secondary N) is 1. The van der Waals surface area contributed by atoms with Crippen molar-refractivity contribution < 1.29 is 21.6 Å². The van der Waals surface area contributed by atoms with E-state index in [0.717, 1.165) is 40.8 Å². The Morgan fingerprint density at radius 1 is 1.05 bits per heavy atom. The maximum atomic E-state index is 13.5. The first-order valence-corrected chi connectivity index (χ1v) is 18.4. The smallest absolute Gasteiger partial charge is 0.282 e. The maximum absolute atomic E-state index is 13.5. The van der Waals surface area contributed by atoms with Gasteiger partial charge in [0, 0.05) is 35.0 Å². The maximum Gasteiger partial charge on any atom is 0.282 e. The van der Waals surface area contributed by atoms with Crippen LogP contribution < -0.4 is 4.72 Å². The van der Waals surface area contributed by atoms with E-state index in [4.69, 9.17) is 4.98 Å². The Bertz CT molecular complexity index is 1710. The van der Waals surface area contributed by atoms with Crippen LogP contribution in [-0.2, 0) is 26.3 Å². The van der Waals surface area contributed by atoms with Gasteiger partial charge in [0.15, 0.2) is 14.8 Å². The second-order valence-corrected chi connectivity index (χ2v) is 17.9. The summed E-state index contributed by atoms with van der Waals surface area (Å²) in [5.74, 6) is 0.664. The lowest BCUT2D eigenvalue weighted by molar-refractivity contribution is 0.0201. The summed E-state index contributed by atoms with van der Waals surface area (Å²) in [6.07, 6.45) is 6.70. The van der Waals surface area contributed by atoms with Crippen molar-refractivity contribution in [1.29, 1.82) is 0 Å². The molecule has 0 unspecified atom stereocenters. The van der Waals surface area contributed by atoms with Gasteiger partial charge in [0.1, 0.15) is 0 Å². The summed E-state index contributed by atoms with van der Waals surface area (Å²) in [6, 6.07) is 11.0. The minimum Gasteiger partial charge on any atom is -0.335 e. The number of sulfone groups is 1. The second-order valence-electron chi connectivity index (χ2n) is 13.2. The molecule has 0 atom stereocenters. The molecule has 41 heavy (non-hydrogen) atoms. The third kappa shape index (κ3) is 5.70. The van der Waals surface area contributed by atoms with Crippen LogP contribution in [0.2, 0.25) is 0 Å². The van der Waals surface area contributed by atoms with Crippen LogP contribution in [0.4, 0.5) is 0 Å². The number of thiazole rings is 1. The summed E-state index contributed by atoms with van der Waals surface area (Å²) in [5, 5.41) is 1.85. The van der Waals surface area contributed by atoms with Crippen LogP contribution in [-0.4, -0.2) is 62.8 Å². The van der Waals surface area contributed by atoms with Crippen LogP contribution in [0.15, 0.2) is 41.3 Å². The van der Waals surface area contributed by atoms with Gasteiger partial charge in [0.25, 0.3) is 5.91 Å². The highest BCUT2D eigenvalue weighted by Gasteiger charge is 2.57. The average molecular weight is 616 g/mol. The molecule has 1 saturated carbocycles. The molecule has 6 rings (SSSR count). The van der Waals surface area contributed by atoms with E-state index in [0.29, 0.717) is 29.4 Å². The molecule has 1 amide bonds. The van der Waals surface area contributed by atoms with Gasteiger partial charge in [-0.15, -0.1) is 11.3 Å². The fourth-order valence-electron chi connectivity index (χ4n) is 6.73. The summed E-state index contributed by atoms with van der Waals surface area (Å²) in [7, 11) is -6.74. The molecule has 1 aliphatic carbocycles. The quantitative estimate of drug-likeness (QED) is 0.416. The third-order valence-electron chi connectivity index (χ3n) is 8.34. The van der Waals surface area contributed by atoms with Gasteiger partial charge < -0.3 is 4.90 Å². The molecular weight excluding hydrogens is 579 g/mol. The molecule has 0 bridgehead atoms. The van der Waals surface area contributed by atoms with Crippen molar-refractivity contribution >= 4 is 47.9 Å². The van der Waals surface area contributed by atoms with E-state index in [2.05, 4.69) is 4.72 Å². The van der Waals surface area contributed by atoms with Crippen molar-refractivity contribution in [2.45, 2.75) is 69.7 Å². The summed E-state index contributed by atoms with van der Waals surface area (Å²) in [6.45, 7) is 6.36. The molecule has 3 fully saturated rings. The number of hydrogen-bond donors (Lipinski definition) is 1. The van der Waals surface area contributed by atoms with Crippen molar-refractivity contribution in [3.05, 3.63) is 47.1 Å². The van der Waals surface area contributed by atoms with Crippen LogP contribution in [0.3, 0.4) is 0 Å². The topological polar surface area (TPSA) is 114 Å². The largest absolute Gasteiger partial charge is 0.335 e. The SMILES string of the molecule is CC(C)(C)NS(=O)(=O)c1ccc(-c2sc(C(=O)N3CC4(C3)CS(=O)(=O)C4)nc2CC2CCCCC2)c2ccccc12. The molecule has 220 valence electrons. The number of benzene rings is 2. The second kappa shape index (κ2) is 10.1. The van der Waals surface area contributed by atoms with Crippen molar-refractivity contribution in [2.24, 2.45) is 11.3 Å². The third-order valence-corrected chi connectivity index (χ3v) is 13.4. The Hall–Kier alpha value is -2.34. The molecule has 1 N–H and O–H groups in total. The number of hydrogen-bond acceptors (Lipinski definition) is 7. The standard InChI is InChI=1S/C30H37N3O5S3/c1-29(2,3)32-41(37,38)25-14-13-23(21-11-7-8-12-22(21)25)26-24(15-20-9-5-4-6-10-20)31-27(39-26)28(34)33-16-30(17-33)18-40(35,36)19-30/h7-8,11-14,20,32H,4-6,9-10,15-19H2,1-3H3. The highest BCUT2D eigenvalue weighted by Crippen LogP contribution is 2.44. The van der Waals surface area contributed by atoms with Crippen LogP contribution in [0.25, 0.3) is 21.2 Å². The Morgan fingerprint density at radius 3 is 2.34 bits per heavy atom. The molecule has 1 spiro atoms. The number of nitrogens with zero attached hydrogens (tertiary/aromatic N) is 2. The molecule has 3 aliphatic rings. The van der Waals surface area contributed by atoms with Gasteiger partial charge in [-0.3, -0.25) is 4.79 Å². The molecule has 2 aliphatic heterocycles. The van der Waals surface area contributed by atoms with Gasteiger partial charge in [-0.25, -0.2) is 26.5 Å². The number of likely N-dealkylation sites (tertiary alicyclic amines) is 1. The Morgan fingerprint density at radius 2 is 1.71 bits per heavy atom. The number of carbonyl (C=O) groups excluding carboxylic acids is 1. The first-order valence-electron chi connectivity index (χ1n) is 14.3. The number of carbonyl (C=O) groups is 1. The van der Waals surface area contributed by atoms with E-state index in [1.165, 1.54) is 30.6 Å². The van der Waals surface area contributed by atoms with Crippen LogP contribution in [0, 0.1) is 11.3 Å². The summed E-state index contributed by atoms with van der Waals surface area (Å²) in [5.41, 5.74) is 0.860. The Kier molecular flexibility index (Phi) is 7.11. The van der Waals surface area contributed by atoms with E-state index in [1.807, 2.05) is 51.1 Å². The normalized spacial score (nSPS) is 20.6. The van der Waals surface area contributed by atoms with Gasteiger partial charge >= 0.3 is 0 Å². The molecule has 2 aromatic carbocycles. The minimum absolute atomic E-state index is 0.154. The number of rotatable bonds is 6. The van der Waals surface area contributed by atoms with Gasteiger partial charge in [0.05, 0.1) is 27.0 Å². The zero-order chi connectivity index (χ0) is 29.2. The van der Waals surface area contributed by atoms with E-state index in [9.17, 15) is 21.6 Å². The van der Waals surface area contributed by atoms with Crippen molar-refractivity contribution in [2.75, 3.05) is 24.6 Å². The number of amides is 1. The predicted molar refractivity (Wildman–Crippen MR) is 162 cm³/mol. The fraction of sp³-hybridized carbons (Fsp3) is 0.533.